The fourth-order valence-electron chi connectivity index (χ4n) is 2.95. The quantitative estimate of drug-likeness (QED) is 0.590. The minimum atomic E-state index is -0.263. The lowest BCUT2D eigenvalue weighted by Gasteiger charge is -2.10. The van der Waals surface area contributed by atoms with E-state index in [1.165, 1.54) is 0 Å². The highest BCUT2D eigenvalue weighted by molar-refractivity contribution is 6.42. The number of aromatic nitrogens is 2. The topological polar surface area (TPSA) is 67.0 Å². The lowest BCUT2D eigenvalue weighted by Crippen LogP contribution is -2.13. The number of hydrogen-bond donors (Lipinski definition) is 2. The summed E-state index contributed by atoms with van der Waals surface area (Å²) in [5.41, 5.74) is 3.62. The van der Waals surface area contributed by atoms with E-state index in [1.54, 1.807) is 25.3 Å². The second-order valence-corrected chi connectivity index (χ2v) is 7.26. The molecule has 1 saturated carbocycles. The van der Waals surface area contributed by atoms with E-state index in [2.05, 4.69) is 15.5 Å². The molecule has 1 aliphatic carbocycles. The summed E-state index contributed by atoms with van der Waals surface area (Å²) < 4.78 is 5.31. The Morgan fingerprint density at radius 2 is 2.00 bits per heavy atom. The molecule has 1 aromatic heterocycles. The molecule has 0 spiro atoms. The zero-order chi connectivity index (χ0) is 19.0. The normalized spacial score (nSPS) is 13.4. The monoisotopic (exact) mass is 401 g/mol. The molecule has 1 amide bonds. The van der Waals surface area contributed by atoms with Gasteiger partial charge in [0.2, 0.25) is 0 Å². The number of hydrogen-bond acceptors (Lipinski definition) is 3. The molecular weight excluding hydrogens is 385 g/mol. The van der Waals surface area contributed by atoms with Crippen molar-refractivity contribution in [3.63, 3.8) is 0 Å². The van der Waals surface area contributed by atoms with Crippen LogP contribution in [-0.2, 0) is 0 Å². The molecule has 2 N–H and O–H groups in total. The van der Waals surface area contributed by atoms with Crippen LogP contribution in [0.25, 0.3) is 11.3 Å². The van der Waals surface area contributed by atoms with Crippen molar-refractivity contribution in [2.45, 2.75) is 18.8 Å². The summed E-state index contributed by atoms with van der Waals surface area (Å²) in [6.45, 7) is 0. The summed E-state index contributed by atoms with van der Waals surface area (Å²) in [7, 11) is 1.62. The molecule has 1 fully saturated rings. The van der Waals surface area contributed by atoms with Crippen LogP contribution in [0.3, 0.4) is 0 Å². The molecule has 0 aliphatic heterocycles. The number of aromatic amines is 1. The number of anilines is 1. The van der Waals surface area contributed by atoms with Crippen LogP contribution in [0.1, 0.15) is 34.8 Å². The lowest BCUT2D eigenvalue weighted by molar-refractivity contribution is 0.102. The summed E-state index contributed by atoms with van der Waals surface area (Å²) in [6.07, 6.45) is 2.16. The summed E-state index contributed by atoms with van der Waals surface area (Å²) in [5, 5.41) is 11.3. The maximum absolute atomic E-state index is 12.8. The van der Waals surface area contributed by atoms with Crippen LogP contribution >= 0.6 is 23.2 Å². The molecule has 1 aliphatic rings. The molecule has 2 aromatic carbocycles. The van der Waals surface area contributed by atoms with Crippen molar-refractivity contribution < 1.29 is 9.53 Å². The first kappa shape index (κ1) is 17.9. The number of nitrogens with one attached hydrogen (secondary N) is 2. The largest absolute Gasteiger partial charge is 0.497 e. The third kappa shape index (κ3) is 3.66. The summed E-state index contributed by atoms with van der Waals surface area (Å²) in [6, 6.07) is 12.4. The Morgan fingerprint density at radius 1 is 1.19 bits per heavy atom. The molecule has 1 heterocycles. The fraction of sp³-hybridized carbons (Fsp3) is 0.200. The van der Waals surface area contributed by atoms with E-state index in [4.69, 9.17) is 27.9 Å². The molecule has 0 saturated heterocycles. The van der Waals surface area contributed by atoms with Crippen molar-refractivity contribution in [3.8, 4) is 17.0 Å². The summed E-state index contributed by atoms with van der Waals surface area (Å²) in [5.74, 6) is 0.854. The van der Waals surface area contributed by atoms with E-state index < -0.39 is 0 Å². The van der Waals surface area contributed by atoms with E-state index >= 15 is 0 Å². The second-order valence-electron chi connectivity index (χ2n) is 6.45. The van der Waals surface area contributed by atoms with Gasteiger partial charge in [0, 0.05) is 17.0 Å². The first-order valence-electron chi connectivity index (χ1n) is 8.56. The van der Waals surface area contributed by atoms with Crippen LogP contribution in [0, 0.1) is 0 Å². The van der Waals surface area contributed by atoms with E-state index in [0.29, 0.717) is 32.9 Å². The molecule has 0 unspecified atom stereocenters. The molecule has 0 bridgehead atoms. The zero-order valence-corrected chi connectivity index (χ0v) is 16.1. The molecule has 4 rings (SSSR count). The van der Waals surface area contributed by atoms with Gasteiger partial charge in [-0.1, -0.05) is 35.3 Å². The van der Waals surface area contributed by atoms with E-state index in [1.807, 2.05) is 24.3 Å². The highest BCUT2D eigenvalue weighted by Gasteiger charge is 2.31. The Morgan fingerprint density at radius 3 is 2.70 bits per heavy atom. The third-order valence-electron chi connectivity index (χ3n) is 4.54. The smallest absolute Gasteiger partial charge is 0.255 e. The van der Waals surface area contributed by atoms with Crippen LogP contribution in [-0.4, -0.2) is 23.2 Å². The molecule has 138 valence electrons. The Labute approximate surface area is 166 Å². The number of methoxy groups -OCH3 is 1. The minimum Gasteiger partial charge on any atom is -0.497 e. The molecule has 3 aromatic rings. The minimum absolute atomic E-state index is 0.263. The number of rotatable bonds is 5. The van der Waals surface area contributed by atoms with Crippen LogP contribution in [0.5, 0.6) is 5.75 Å². The average Bonchev–Trinajstić information content (AvgIpc) is 3.44. The van der Waals surface area contributed by atoms with Gasteiger partial charge in [0.05, 0.1) is 28.5 Å². The molecular formula is C20H17Cl2N3O2. The molecule has 27 heavy (non-hydrogen) atoms. The predicted molar refractivity (Wildman–Crippen MR) is 107 cm³/mol. The average molecular weight is 402 g/mol. The number of halogens is 2. The van der Waals surface area contributed by atoms with E-state index in [-0.39, 0.29) is 5.91 Å². The number of nitrogens with zero attached hydrogens (tertiary/aromatic N) is 1. The zero-order valence-electron chi connectivity index (χ0n) is 14.6. The molecule has 5 nitrogen and oxygen atoms in total. The van der Waals surface area contributed by atoms with Crippen LogP contribution in [0.4, 0.5) is 5.69 Å². The number of amides is 1. The number of carbonyl (C=O) groups excluding carboxylic acids is 1. The molecule has 0 atom stereocenters. The number of ether oxygens (including phenoxy) is 1. The van der Waals surface area contributed by atoms with Crippen molar-refractivity contribution in [1.29, 1.82) is 0 Å². The van der Waals surface area contributed by atoms with Gasteiger partial charge in [-0.3, -0.25) is 9.89 Å². The SMILES string of the molecule is COc1cccc(-c2n[nH]c(C3CC3)c2NC(=O)c2ccc(Cl)c(Cl)c2)c1. The van der Waals surface area contributed by atoms with Crippen molar-refractivity contribution in [2.75, 3.05) is 12.4 Å². The van der Waals surface area contributed by atoms with Gasteiger partial charge < -0.3 is 10.1 Å². The van der Waals surface area contributed by atoms with Gasteiger partial charge in [-0.25, -0.2) is 0 Å². The third-order valence-corrected chi connectivity index (χ3v) is 5.28. The van der Waals surface area contributed by atoms with Crippen molar-refractivity contribution in [2.24, 2.45) is 0 Å². The Hall–Kier alpha value is -2.50. The molecule has 7 heteroatoms. The predicted octanol–water partition coefficient (Wildman–Crippen LogP) is 5.52. The molecule has 0 radical (unpaired) electrons. The lowest BCUT2D eigenvalue weighted by atomic mass is 10.1. The number of carbonyl (C=O) groups is 1. The number of H-pyrrole nitrogens is 1. The van der Waals surface area contributed by atoms with Crippen LogP contribution in [0.15, 0.2) is 42.5 Å². The Balaban J connectivity index is 1.71. The summed E-state index contributed by atoms with van der Waals surface area (Å²) >= 11 is 12.0. The first-order valence-corrected chi connectivity index (χ1v) is 9.31. The van der Waals surface area contributed by atoms with E-state index in [0.717, 1.165) is 29.8 Å². The van der Waals surface area contributed by atoms with Gasteiger partial charge in [-0.15, -0.1) is 0 Å². The Kier molecular flexibility index (Phi) is 4.81. The van der Waals surface area contributed by atoms with E-state index in [9.17, 15) is 4.79 Å². The maximum Gasteiger partial charge on any atom is 0.255 e. The highest BCUT2D eigenvalue weighted by atomic mass is 35.5. The van der Waals surface area contributed by atoms with Crippen LogP contribution < -0.4 is 10.1 Å². The number of benzene rings is 2. The fourth-order valence-corrected chi connectivity index (χ4v) is 3.25. The maximum atomic E-state index is 12.8. The van der Waals surface area contributed by atoms with Crippen molar-refractivity contribution >= 4 is 34.8 Å². The van der Waals surface area contributed by atoms with Gasteiger partial charge in [-0.05, 0) is 43.2 Å². The van der Waals surface area contributed by atoms with Crippen molar-refractivity contribution in [1.82, 2.24) is 10.2 Å². The van der Waals surface area contributed by atoms with Gasteiger partial charge in [0.25, 0.3) is 5.91 Å². The second kappa shape index (κ2) is 7.25. The Bertz CT molecular complexity index is 1010. The van der Waals surface area contributed by atoms with Crippen molar-refractivity contribution in [3.05, 3.63) is 63.8 Å². The first-order chi connectivity index (χ1) is 13.1. The van der Waals surface area contributed by atoms with Crippen LogP contribution in [0.2, 0.25) is 10.0 Å². The van der Waals surface area contributed by atoms with Gasteiger partial charge >= 0.3 is 0 Å². The van der Waals surface area contributed by atoms with Gasteiger partial charge in [-0.2, -0.15) is 5.10 Å². The summed E-state index contributed by atoms with van der Waals surface area (Å²) in [4.78, 5) is 12.8. The van der Waals surface area contributed by atoms with Gasteiger partial charge in [0.15, 0.2) is 0 Å². The standard InChI is InChI=1S/C20H17Cl2N3O2/c1-27-14-4-2-3-12(9-14)18-19(17(24-25-18)11-5-6-11)23-20(26)13-7-8-15(21)16(22)10-13/h2-4,7-11H,5-6H2,1H3,(H,23,26)(H,24,25). The van der Waals surface area contributed by atoms with Gasteiger partial charge in [0.1, 0.15) is 11.4 Å². The highest BCUT2D eigenvalue weighted by Crippen LogP contribution is 2.45.